The van der Waals surface area contributed by atoms with E-state index in [1.54, 1.807) is 7.11 Å². The molecule has 0 spiro atoms. The summed E-state index contributed by atoms with van der Waals surface area (Å²) < 4.78 is 9.34. The van der Waals surface area contributed by atoms with Crippen molar-refractivity contribution in [2.75, 3.05) is 18.2 Å². The molecule has 1 aliphatic rings. The van der Waals surface area contributed by atoms with E-state index in [0.29, 0.717) is 17.6 Å². The van der Waals surface area contributed by atoms with Gasteiger partial charge in [0.2, 0.25) is 0 Å². The number of hydrogen-bond acceptors (Lipinski definition) is 5. The number of anilines is 2. The SMILES string of the molecule is CCC(CC1CC1)Nc1snc(N)c1OC. The van der Waals surface area contributed by atoms with E-state index in [0.717, 1.165) is 17.3 Å². The van der Waals surface area contributed by atoms with E-state index in [1.807, 2.05) is 0 Å². The van der Waals surface area contributed by atoms with Gasteiger partial charge in [0.1, 0.15) is 0 Å². The number of nitrogen functional groups attached to an aromatic ring is 1. The van der Waals surface area contributed by atoms with Crippen LogP contribution in [0.3, 0.4) is 0 Å². The van der Waals surface area contributed by atoms with Gasteiger partial charge in [0.05, 0.1) is 7.11 Å². The lowest BCUT2D eigenvalue weighted by atomic mass is 10.1. The number of methoxy groups -OCH3 is 1. The highest BCUT2D eigenvalue weighted by Gasteiger charge is 2.25. The first kappa shape index (κ1) is 11.5. The molecule has 0 aromatic carbocycles. The average molecular weight is 241 g/mol. The number of nitrogens with two attached hydrogens (primary N) is 1. The Hall–Kier alpha value is -0.970. The van der Waals surface area contributed by atoms with E-state index in [4.69, 9.17) is 10.5 Å². The average Bonchev–Trinajstić information content (AvgIpc) is 3.02. The summed E-state index contributed by atoms with van der Waals surface area (Å²) in [6, 6.07) is 0.515. The fourth-order valence-electron chi connectivity index (χ4n) is 1.85. The monoisotopic (exact) mass is 241 g/mol. The fraction of sp³-hybridized carbons (Fsp3) is 0.727. The Morgan fingerprint density at radius 1 is 1.62 bits per heavy atom. The number of rotatable bonds is 6. The molecule has 0 aliphatic heterocycles. The van der Waals surface area contributed by atoms with E-state index < -0.39 is 0 Å². The van der Waals surface area contributed by atoms with Crippen LogP contribution in [0.25, 0.3) is 0 Å². The zero-order valence-corrected chi connectivity index (χ0v) is 10.6. The lowest BCUT2D eigenvalue weighted by molar-refractivity contribution is 0.418. The van der Waals surface area contributed by atoms with Crippen LogP contribution in [0.4, 0.5) is 10.8 Å². The third-order valence-electron chi connectivity index (χ3n) is 3.02. The number of hydrogen-bond donors (Lipinski definition) is 2. The number of ether oxygens (including phenoxy) is 1. The summed E-state index contributed by atoms with van der Waals surface area (Å²) in [5.74, 6) is 2.10. The summed E-state index contributed by atoms with van der Waals surface area (Å²) in [5, 5.41) is 4.46. The lowest BCUT2D eigenvalue weighted by Gasteiger charge is -2.17. The fourth-order valence-corrected chi connectivity index (χ4v) is 2.61. The Bertz CT molecular complexity index is 349. The Balaban J connectivity index is 1.99. The maximum absolute atomic E-state index is 5.72. The van der Waals surface area contributed by atoms with Crippen LogP contribution in [0.15, 0.2) is 0 Å². The smallest absolute Gasteiger partial charge is 0.197 e. The van der Waals surface area contributed by atoms with Gasteiger partial charge in [-0.05, 0) is 30.3 Å². The zero-order chi connectivity index (χ0) is 11.5. The first-order valence-corrected chi connectivity index (χ1v) is 6.57. The molecule has 0 saturated heterocycles. The molecule has 1 atom stereocenters. The van der Waals surface area contributed by atoms with Gasteiger partial charge in [0, 0.05) is 6.04 Å². The number of nitrogens with zero attached hydrogens (tertiary/aromatic N) is 1. The van der Waals surface area contributed by atoms with Crippen LogP contribution in [-0.2, 0) is 0 Å². The second kappa shape index (κ2) is 4.91. The van der Waals surface area contributed by atoms with Crippen molar-refractivity contribution in [3.8, 4) is 5.75 Å². The number of aromatic nitrogens is 1. The van der Waals surface area contributed by atoms with Crippen molar-refractivity contribution in [2.45, 2.75) is 38.6 Å². The molecule has 1 fully saturated rings. The Morgan fingerprint density at radius 2 is 2.38 bits per heavy atom. The number of nitrogens with one attached hydrogen (secondary N) is 1. The summed E-state index contributed by atoms with van der Waals surface area (Å²) >= 11 is 1.38. The van der Waals surface area contributed by atoms with Gasteiger partial charge in [-0.1, -0.05) is 19.8 Å². The summed E-state index contributed by atoms with van der Waals surface area (Å²) in [5.41, 5.74) is 5.72. The molecular formula is C11H19N3OS. The van der Waals surface area contributed by atoms with Crippen molar-refractivity contribution < 1.29 is 4.74 Å². The molecular weight excluding hydrogens is 222 g/mol. The molecule has 16 heavy (non-hydrogen) atoms. The van der Waals surface area contributed by atoms with E-state index >= 15 is 0 Å². The summed E-state index contributed by atoms with van der Waals surface area (Å²) in [6.07, 6.45) is 5.15. The van der Waals surface area contributed by atoms with Crippen LogP contribution in [0, 0.1) is 5.92 Å². The van der Waals surface area contributed by atoms with Gasteiger partial charge < -0.3 is 15.8 Å². The molecule has 1 aromatic rings. The molecule has 4 nitrogen and oxygen atoms in total. The summed E-state index contributed by atoms with van der Waals surface area (Å²) in [7, 11) is 1.63. The van der Waals surface area contributed by atoms with Gasteiger partial charge in [-0.3, -0.25) is 0 Å². The van der Waals surface area contributed by atoms with Gasteiger partial charge >= 0.3 is 0 Å². The molecule has 3 N–H and O–H groups in total. The minimum Gasteiger partial charge on any atom is -0.490 e. The normalized spacial score (nSPS) is 17.1. The van der Waals surface area contributed by atoms with Crippen molar-refractivity contribution in [3.05, 3.63) is 0 Å². The van der Waals surface area contributed by atoms with Crippen molar-refractivity contribution in [2.24, 2.45) is 5.92 Å². The minimum absolute atomic E-state index is 0.483. The zero-order valence-electron chi connectivity index (χ0n) is 9.82. The van der Waals surface area contributed by atoms with Gasteiger partial charge in [0.25, 0.3) is 0 Å². The van der Waals surface area contributed by atoms with Crippen molar-refractivity contribution in [1.82, 2.24) is 4.37 Å². The predicted octanol–water partition coefficient (Wildman–Crippen LogP) is 2.72. The lowest BCUT2D eigenvalue weighted by Crippen LogP contribution is -2.18. The maximum Gasteiger partial charge on any atom is 0.197 e. The van der Waals surface area contributed by atoms with Gasteiger partial charge in [-0.15, -0.1) is 0 Å². The van der Waals surface area contributed by atoms with Crippen LogP contribution >= 0.6 is 11.5 Å². The molecule has 0 amide bonds. The molecule has 5 heteroatoms. The largest absolute Gasteiger partial charge is 0.490 e. The quantitative estimate of drug-likeness (QED) is 0.804. The molecule has 1 unspecified atom stereocenters. The molecule has 1 aromatic heterocycles. The molecule has 90 valence electrons. The second-order valence-corrected chi connectivity index (χ2v) is 5.13. The molecule has 2 rings (SSSR count). The predicted molar refractivity (Wildman–Crippen MR) is 68.1 cm³/mol. The molecule has 0 radical (unpaired) electrons. The van der Waals surface area contributed by atoms with E-state index in [-0.39, 0.29) is 0 Å². The highest BCUT2D eigenvalue weighted by Crippen LogP contribution is 2.38. The van der Waals surface area contributed by atoms with E-state index in [2.05, 4.69) is 16.6 Å². The van der Waals surface area contributed by atoms with E-state index in [1.165, 1.54) is 30.8 Å². The highest BCUT2D eigenvalue weighted by atomic mass is 32.1. The highest BCUT2D eigenvalue weighted by molar-refractivity contribution is 7.11. The van der Waals surface area contributed by atoms with Crippen LogP contribution in [0.5, 0.6) is 5.75 Å². The minimum atomic E-state index is 0.483. The maximum atomic E-state index is 5.72. The molecule has 1 saturated carbocycles. The Kier molecular flexibility index (Phi) is 3.53. The third kappa shape index (κ3) is 2.58. The van der Waals surface area contributed by atoms with Crippen LogP contribution in [-0.4, -0.2) is 17.5 Å². The second-order valence-electron chi connectivity index (χ2n) is 4.36. The van der Waals surface area contributed by atoms with Crippen LogP contribution < -0.4 is 15.8 Å². The van der Waals surface area contributed by atoms with Crippen LogP contribution in [0.1, 0.15) is 32.6 Å². The van der Waals surface area contributed by atoms with Crippen molar-refractivity contribution in [3.63, 3.8) is 0 Å². The van der Waals surface area contributed by atoms with Crippen LogP contribution in [0.2, 0.25) is 0 Å². The van der Waals surface area contributed by atoms with E-state index in [9.17, 15) is 0 Å². The standard InChI is InChI=1S/C11H19N3OS/c1-3-8(6-7-4-5-7)13-11-9(15-2)10(12)14-16-11/h7-8,13H,3-6H2,1-2H3,(H2,12,14). The topological polar surface area (TPSA) is 60.2 Å². The molecule has 0 bridgehead atoms. The summed E-state index contributed by atoms with van der Waals surface area (Å²) in [6.45, 7) is 2.21. The first-order valence-electron chi connectivity index (χ1n) is 5.80. The van der Waals surface area contributed by atoms with Gasteiger partial charge in [-0.2, -0.15) is 4.37 Å². The van der Waals surface area contributed by atoms with Gasteiger partial charge in [-0.25, -0.2) is 0 Å². The van der Waals surface area contributed by atoms with Crippen molar-refractivity contribution in [1.29, 1.82) is 0 Å². The summed E-state index contributed by atoms with van der Waals surface area (Å²) in [4.78, 5) is 0. The molecule has 1 heterocycles. The Morgan fingerprint density at radius 3 is 2.94 bits per heavy atom. The third-order valence-corrected chi connectivity index (χ3v) is 3.79. The Labute approximate surface area is 100 Å². The molecule has 1 aliphatic carbocycles. The first-order chi connectivity index (χ1) is 7.74. The van der Waals surface area contributed by atoms with Crippen molar-refractivity contribution >= 4 is 22.4 Å². The van der Waals surface area contributed by atoms with Gasteiger partial charge in [0.15, 0.2) is 16.6 Å².